The van der Waals surface area contributed by atoms with E-state index in [2.05, 4.69) is 17.2 Å². The summed E-state index contributed by atoms with van der Waals surface area (Å²) < 4.78 is 0. The number of carbonyl (C=O) groups is 1. The van der Waals surface area contributed by atoms with E-state index in [1.807, 2.05) is 31.2 Å². The Morgan fingerprint density at radius 1 is 1.44 bits per heavy atom. The van der Waals surface area contributed by atoms with Gasteiger partial charge in [-0.1, -0.05) is 36.4 Å². The van der Waals surface area contributed by atoms with E-state index in [0.717, 1.165) is 17.4 Å². The number of carbonyl (C=O) groups excluding carboxylic acids is 1. The Labute approximate surface area is 111 Å². The van der Waals surface area contributed by atoms with Crippen LogP contribution in [0.5, 0.6) is 0 Å². The summed E-state index contributed by atoms with van der Waals surface area (Å²) in [5.74, 6) is 0. The average molecular weight is 263 g/mol. The second-order valence-corrected chi connectivity index (χ2v) is 5.68. The standard InChI is InChI=1S/C13H17N3OS/c1-9-4-6-11(7-5-9)16(12(17)14-3)13-15-8-10(2)18-13/h4-7,10H,8H2,1-3H3,(H,14,17)/t10-/m1/s1. The number of anilines is 1. The van der Waals surface area contributed by atoms with Gasteiger partial charge in [-0.05, 0) is 19.1 Å². The van der Waals surface area contributed by atoms with Crippen LogP contribution >= 0.6 is 11.8 Å². The quantitative estimate of drug-likeness (QED) is 0.846. The molecule has 1 N–H and O–H groups in total. The first-order valence-corrected chi connectivity index (χ1v) is 6.79. The summed E-state index contributed by atoms with van der Waals surface area (Å²) >= 11 is 1.63. The number of hydrogen-bond donors (Lipinski definition) is 1. The maximum atomic E-state index is 12.0. The molecule has 2 rings (SSSR count). The van der Waals surface area contributed by atoms with Crippen molar-refractivity contribution in [3.8, 4) is 0 Å². The minimum atomic E-state index is -0.154. The molecular weight excluding hydrogens is 246 g/mol. The number of urea groups is 1. The molecule has 0 spiro atoms. The molecular formula is C13H17N3OS. The molecule has 0 unspecified atom stereocenters. The molecule has 4 nitrogen and oxygen atoms in total. The monoisotopic (exact) mass is 263 g/mol. The van der Waals surface area contributed by atoms with E-state index in [1.54, 1.807) is 23.7 Å². The van der Waals surface area contributed by atoms with Crippen LogP contribution in [0.1, 0.15) is 12.5 Å². The predicted molar refractivity (Wildman–Crippen MR) is 77.5 cm³/mol. The normalized spacial score (nSPS) is 18.4. The molecule has 0 radical (unpaired) electrons. The molecule has 96 valence electrons. The lowest BCUT2D eigenvalue weighted by molar-refractivity contribution is 0.251. The van der Waals surface area contributed by atoms with E-state index in [4.69, 9.17) is 0 Å². The molecule has 2 amide bonds. The van der Waals surface area contributed by atoms with Crippen LogP contribution < -0.4 is 10.2 Å². The van der Waals surface area contributed by atoms with E-state index < -0.39 is 0 Å². The SMILES string of the molecule is CNC(=O)N(C1=NC[C@@H](C)S1)c1ccc(C)cc1. The number of hydrogen-bond acceptors (Lipinski definition) is 3. The summed E-state index contributed by atoms with van der Waals surface area (Å²) in [6, 6.07) is 7.72. The van der Waals surface area contributed by atoms with Crippen LogP contribution in [0.25, 0.3) is 0 Å². The van der Waals surface area contributed by atoms with Gasteiger partial charge in [0.05, 0.1) is 12.2 Å². The number of aryl methyl sites for hydroxylation is 1. The summed E-state index contributed by atoms with van der Waals surface area (Å²) in [7, 11) is 1.63. The zero-order valence-corrected chi connectivity index (χ0v) is 11.6. The van der Waals surface area contributed by atoms with E-state index in [1.165, 1.54) is 5.56 Å². The molecule has 0 saturated carbocycles. The Hall–Kier alpha value is -1.49. The number of rotatable bonds is 1. The van der Waals surface area contributed by atoms with Gasteiger partial charge in [-0.25, -0.2) is 9.69 Å². The first kappa shape index (κ1) is 13.0. The molecule has 18 heavy (non-hydrogen) atoms. The second-order valence-electron chi connectivity index (χ2n) is 4.28. The number of nitrogens with one attached hydrogen (secondary N) is 1. The van der Waals surface area contributed by atoms with Crippen molar-refractivity contribution < 1.29 is 4.79 Å². The Morgan fingerprint density at radius 2 is 2.11 bits per heavy atom. The van der Waals surface area contributed by atoms with Crippen molar-refractivity contribution in [1.82, 2.24) is 5.32 Å². The highest BCUT2D eigenvalue weighted by atomic mass is 32.2. The zero-order valence-electron chi connectivity index (χ0n) is 10.8. The highest BCUT2D eigenvalue weighted by Gasteiger charge is 2.26. The molecule has 0 fully saturated rings. The first-order valence-electron chi connectivity index (χ1n) is 5.91. The number of nitrogens with zero attached hydrogens (tertiary/aromatic N) is 2. The third-order valence-corrected chi connectivity index (χ3v) is 3.76. The van der Waals surface area contributed by atoms with Gasteiger partial charge in [-0.3, -0.25) is 4.99 Å². The summed E-state index contributed by atoms with van der Waals surface area (Å²) in [5, 5.41) is 3.86. The first-order chi connectivity index (χ1) is 8.61. The average Bonchev–Trinajstić information content (AvgIpc) is 2.78. The van der Waals surface area contributed by atoms with Gasteiger partial charge in [0.1, 0.15) is 0 Å². The number of amides is 2. The van der Waals surface area contributed by atoms with Crippen LogP contribution in [-0.4, -0.2) is 30.0 Å². The van der Waals surface area contributed by atoms with Gasteiger partial charge in [0.25, 0.3) is 0 Å². The Morgan fingerprint density at radius 3 is 2.61 bits per heavy atom. The van der Waals surface area contributed by atoms with Gasteiger partial charge >= 0.3 is 6.03 Å². The smallest absolute Gasteiger partial charge is 0.327 e. The second kappa shape index (κ2) is 5.44. The van der Waals surface area contributed by atoms with E-state index in [-0.39, 0.29) is 6.03 Å². The molecule has 1 aromatic rings. The fourth-order valence-electron chi connectivity index (χ4n) is 1.70. The summed E-state index contributed by atoms with van der Waals surface area (Å²) in [6.45, 7) is 4.90. The zero-order chi connectivity index (χ0) is 13.1. The van der Waals surface area contributed by atoms with Gasteiger partial charge < -0.3 is 5.32 Å². The van der Waals surface area contributed by atoms with Crippen molar-refractivity contribution in [2.75, 3.05) is 18.5 Å². The summed E-state index contributed by atoms with van der Waals surface area (Å²) in [4.78, 5) is 18.1. The largest absolute Gasteiger partial charge is 0.340 e. The molecule has 1 atom stereocenters. The van der Waals surface area contributed by atoms with Crippen molar-refractivity contribution >= 4 is 28.6 Å². The molecule has 0 saturated heterocycles. The fourth-order valence-corrected chi connectivity index (χ4v) is 2.66. The molecule has 1 heterocycles. The minimum absolute atomic E-state index is 0.154. The van der Waals surface area contributed by atoms with Crippen molar-refractivity contribution in [1.29, 1.82) is 0 Å². The maximum Gasteiger partial charge on any atom is 0.327 e. The van der Waals surface area contributed by atoms with E-state index in [0.29, 0.717) is 5.25 Å². The van der Waals surface area contributed by atoms with Crippen LogP contribution in [-0.2, 0) is 0 Å². The fraction of sp³-hybridized carbons (Fsp3) is 0.385. The maximum absolute atomic E-state index is 12.0. The van der Waals surface area contributed by atoms with Gasteiger partial charge in [0.2, 0.25) is 0 Å². The van der Waals surface area contributed by atoms with Crippen molar-refractivity contribution in [3.05, 3.63) is 29.8 Å². The topological polar surface area (TPSA) is 44.7 Å². The van der Waals surface area contributed by atoms with E-state index in [9.17, 15) is 4.79 Å². The predicted octanol–water partition coefficient (Wildman–Crippen LogP) is 2.63. The van der Waals surface area contributed by atoms with Crippen LogP contribution in [0.15, 0.2) is 29.3 Å². The molecule has 1 aromatic carbocycles. The Kier molecular flexibility index (Phi) is 3.91. The van der Waals surface area contributed by atoms with Crippen molar-refractivity contribution in [2.45, 2.75) is 19.1 Å². The number of benzene rings is 1. The number of aliphatic imine (C=N–C) groups is 1. The highest BCUT2D eigenvalue weighted by Crippen LogP contribution is 2.27. The molecule has 1 aliphatic heterocycles. The minimum Gasteiger partial charge on any atom is -0.340 e. The lowest BCUT2D eigenvalue weighted by Crippen LogP contribution is -2.41. The third-order valence-electron chi connectivity index (χ3n) is 2.69. The lowest BCUT2D eigenvalue weighted by atomic mass is 10.2. The lowest BCUT2D eigenvalue weighted by Gasteiger charge is -2.21. The van der Waals surface area contributed by atoms with Gasteiger partial charge in [0, 0.05) is 12.3 Å². The molecule has 0 bridgehead atoms. The third kappa shape index (κ3) is 2.67. The van der Waals surface area contributed by atoms with Crippen LogP contribution in [0.4, 0.5) is 10.5 Å². The van der Waals surface area contributed by atoms with Crippen molar-refractivity contribution in [2.24, 2.45) is 4.99 Å². The van der Waals surface area contributed by atoms with Crippen LogP contribution in [0.2, 0.25) is 0 Å². The molecule has 0 aliphatic carbocycles. The van der Waals surface area contributed by atoms with Gasteiger partial charge in [-0.2, -0.15) is 0 Å². The van der Waals surface area contributed by atoms with Gasteiger partial charge in [-0.15, -0.1) is 0 Å². The molecule has 5 heteroatoms. The Balaban J connectivity index is 2.31. The van der Waals surface area contributed by atoms with Gasteiger partial charge in [0.15, 0.2) is 5.17 Å². The molecule has 0 aromatic heterocycles. The Bertz CT molecular complexity index is 470. The van der Waals surface area contributed by atoms with Crippen molar-refractivity contribution in [3.63, 3.8) is 0 Å². The number of thioether (sulfide) groups is 1. The van der Waals surface area contributed by atoms with E-state index >= 15 is 0 Å². The van der Waals surface area contributed by atoms with Crippen LogP contribution in [0, 0.1) is 6.92 Å². The highest BCUT2D eigenvalue weighted by molar-refractivity contribution is 8.15. The number of amidine groups is 1. The molecule has 1 aliphatic rings. The van der Waals surface area contributed by atoms with Crippen LogP contribution in [0.3, 0.4) is 0 Å². The summed E-state index contributed by atoms with van der Waals surface area (Å²) in [5.41, 5.74) is 2.02. The summed E-state index contributed by atoms with van der Waals surface area (Å²) in [6.07, 6.45) is 0.